The number of carbonyl (C=O) groups is 2. The van der Waals surface area contributed by atoms with Crippen LogP contribution in [0.2, 0.25) is 0 Å². The van der Waals surface area contributed by atoms with Gasteiger partial charge >= 0.3 is 11.9 Å². The topological polar surface area (TPSA) is 118 Å². The second kappa shape index (κ2) is 7.34. The summed E-state index contributed by atoms with van der Waals surface area (Å²) in [7, 11) is 0. The molecule has 0 saturated carbocycles. The molecule has 2 aliphatic heterocycles. The van der Waals surface area contributed by atoms with Crippen LogP contribution in [-0.2, 0) is 44.4 Å². The highest BCUT2D eigenvalue weighted by molar-refractivity contribution is 5.88. The van der Waals surface area contributed by atoms with Crippen LogP contribution in [0.3, 0.4) is 0 Å². The van der Waals surface area contributed by atoms with Gasteiger partial charge in [-0.1, -0.05) is 30.3 Å². The highest BCUT2D eigenvalue weighted by atomic mass is 16.6. The fraction of sp³-hybridized carbons (Fsp3) is 0.250. The molecule has 0 N–H and O–H groups in total. The molecule has 5 heterocycles. The standard InChI is InChI=1S/C24H19N5O5/c1-2-24(34-20(30)12-28-8-7-25-27-28)17-10-19-21-15(9-14-5-3-4-6-18(14)26-21)11-29(19)22(31)16(17)13-33-23(24)32/h3-10H,2,11-13H2,1H3/t24-/m0/s1. The molecule has 0 amide bonds. The lowest BCUT2D eigenvalue weighted by molar-refractivity contribution is -0.190. The minimum Gasteiger partial charge on any atom is -0.457 e. The molecule has 6 rings (SSSR count). The van der Waals surface area contributed by atoms with Crippen LogP contribution >= 0.6 is 0 Å². The quantitative estimate of drug-likeness (QED) is 0.376. The molecule has 0 aliphatic carbocycles. The second-order valence-corrected chi connectivity index (χ2v) is 8.33. The number of para-hydroxylation sites is 1. The summed E-state index contributed by atoms with van der Waals surface area (Å²) in [5.74, 6) is -1.40. The van der Waals surface area contributed by atoms with Gasteiger partial charge < -0.3 is 14.0 Å². The van der Waals surface area contributed by atoms with Gasteiger partial charge in [0, 0.05) is 22.7 Å². The Morgan fingerprint density at radius 2 is 2.09 bits per heavy atom. The fourth-order valence-corrected chi connectivity index (χ4v) is 4.76. The van der Waals surface area contributed by atoms with Crippen molar-refractivity contribution in [2.75, 3.05) is 0 Å². The van der Waals surface area contributed by atoms with Crippen LogP contribution in [0.5, 0.6) is 0 Å². The van der Waals surface area contributed by atoms with Crippen molar-refractivity contribution in [2.45, 2.75) is 38.6 Å². The Bertz CT molecular complexity index is 1540. The van der Waals surface area contributed by atoms with E-state index in [1.807, 2.05) is 30.3 Å². The zero-order valence-electron chi connectivity index (χ0n) is 18.2. The summed E-state index contributed by atoms with van der Waals surface area (Å²) >= 11 is 0. The van der Waals surface area contributed by atoms with E-state index in [4.69, 9.17) is 14.5 Å². The molecule has 0 spiro atoms. The SMILES string of the molecule is CC[C@@]1(OC(=O)Cn2ccnn2)C(=O)OCc2c1cc1n(c2=O)Cc2cc3ccccc3nc2-1. The maximum absolute atomic E-state index is 13.5. The number of esters is 2. The summed E-state index contributed by atoms with van der Waals surface area (Å²) in [6, 6.07) is 11.5. The number of aromatic nitrogens is 5. The van der Waals surface area contributed by atoms with Crippen molar-refractivity contribution >= 4 is 22.8 Å². The Morgan fingerprint density at radius 1 is 1.24 bits per heavy atom. The third-order valence-electron chi connectivity index (χ3n) is 6.44. The maximum Gasteiger partial charge on any atom is 0.355 e. The van der Waals surface area contributed by atoms with Gasteiger partial charge in [-0.05, 0) is 24.6 Å². The summed E-state index contributed by atoms with van der Waals surface area (Å²) in [6.07, 6.45) is 3.05. The third-order valence-corrected chi connectivity index (χ3v) is 6.44. The van der Waals surface area contributed by atoms with E-state index < -0.39 is 17.5 Å². The van der Waals surface area contributed by atoms with Crippen molar-refractivity contribution in [3.63, 3.8) is 0 Å². The van der Waals surface area contributed by atoms with Crippen molar-refractivity contribution < 1.29 is 19.1 Å². The van der Waals surface area contributed by atoms with Gasteiger partial charge in [-0.25, -0.2) is 19.3 Å². The van der Waals surface area contributed by atoms with Gasteiger partial charge in [-0.3, -0.25) is 4.79 Å². The average Bonchev–Trinajstić information content (AvgIpc) is 3.47. The molecule has 34 heavy (non-hydrogen) atoms. The van der Waals surface area contributed by atoms with Gasteiger partial charge in [0.15, 0.2) is 0 Å². The lowest BCUT2D eigenvalue weighted by Gasteiger charge is -2.35. The molecule has 1 aromatic carbocycles. The zero-order valence-corrected chi connectivity index (χ0v) is 18.2. The summed E-state index contributed by atoms with van der Waals surface area (Å²) in [4.78, 5) is 44.1. The van der Waals surface area contributed by atoms with Crippen molar-refractivity contribution in [3.05, 3.63) is 75.8 Å². The van der Waals surface area contributed by atoms with E-state index in [1.165, 1.54) is 17.1 Å². The Morgan fingerprint density at radius 3 is 2.88 bits per heavy atom. The molecule has 4 aromatic rings. The van der Waals surface area contributed by atoms with E-state index >= 15 is 0 Å². The van der Waals surface area contributed by atoms with E-state index in [1.54, 1.807) is 17.6 Å². The molecule has 1 atom stereocenters. The van der Waals surface area contributed by atoms with Crippen LogP contribution in [0, 0.1) is 0 Å². The van der Waals surface area contributed by atoms with E-state index in [9.17, 15) is 14.4 Å². The lowest BCUT2D eigenvalue weighted by Crippen LogP contribution is -2.48. The van der Waals surface area contributed by atoms with Crippen LogP contribution in [0.1, 0.15) is 30.0 Å². The van der Waals surface area contributed by atoms with Gasteiger partial charge in [0.25, 0.3) is 5.56 Å². The molecule has 0 saturated heterocycles. The smallest absolute Gasteiger partial charge is 0.355 e. The molecule has 0 unspecified atom stereocenters. The number of benzene rings is 1. The Balaban J connectivity index is 1.50. The number of pyridine rings is 2. The molecule has 170 valence electrons. The molecule has 3 aromatic heterocycles. The normalized spacial score (nSPS) is 18.2. The van der Waals surface area contributed by atoms with E-state index in [2.05, 4.69) is 10.3 Å². The first kappa shape index (κ1) is 20.3. The van der Waals surface area contributed by atoms with Gasteiger partial charge in [-0.2, -0.15) is 0 Å². The molecular formula is C24H19N5O5. The molecule has 0 fully saturated rings. The number of fused-ring (bicyclic) bond motifs is 5. The van der Waals surface area contributed by atoms with Crippen molar-refractivity contribution in [1.82, 2.24) is 24.5 Å². The van der Waals surface area contributed by atoms with Gasteiger partial charge in [0.1, 0.15) is 13.2 Å². The molecule has 0 radical (unpaired) electrons. The molecular weight excluding hydrogens is 438 g/mol. The Labute approximate surface area is 192 Å². The maximum atomic E-state index is 13.5. The minimum absolute atomic E-state index is 0.100. The van der Waals surface area contributed by atoms with Crippen molar-refractivity contribution in [1.29, 1.82) is 0 Å². The number of hydrogen-bond acceptors (Lipinski definition) is 8. The number of ether oxygens (including phenoxy) is 2. The number of carbonyl (C=O) groups excluding carboxylic acids is 2. The minimum atomic E-state index is -1.74. The Hall–Kier alpha value is -4.34. The summed E-state index contributed by atoms with van der Waals surface area (Å²) < 4.78 is 14.0. The van der Waals surface area contributed by atoms with E-state index in [-0.39, 0.29) is 25.1 Å². The second-order valence-electron chi connectivity index (χ2n) is 8.33. The van der Waals surface area contributed by atoms with Crippen LogP contribution in [0.15, 0.2) is 53.6 Å². The highest BCUT2D eigenvalue weighted by Crippen LogP contribution is 2.41. The molecule has 10 nitrogen and oxygen atoms in total. The summed E-state index contributed by atoms with van der Waals surface area (Å²) in [6.45, 7) is 1.67. The number of nitrogens with zero attached hydrogens (tertiary/aromatic N) is 5. The molecule has 2 aliphatic rings. The molecule has 0 bridgehead atoms. The zero-order chi connectivity index (χ0) is 23.4. The average molecular weight is 457 g/mol. The monoisotopic (exact) mass is 457 g/mol. The lowest BCUT2D eigenvalue weighted by atomic mass is 9.85. The number of hydrogen-bond donors (Lipinski definition) is 0. The predicted octanol–water partition coefficient (Wildman–Crippen LogP) is 1.92. The number of rotatable bonds is 4. The first-order valence-electron chi connectivity index (χ1n) is 10.9. The summed E-state index contributed by atoms with van der Waals surface area (Å²) in [5.41, 5.74) is 1.61. The third kappa shape index (κ3) is 2.88. The van der Waals surface area contributed by atoms with Gasteiger partial charge in [0.05, 0.1) is 35.2 Å². The first-order valence-corrected chi connectivity index (χ1v) is 10.9. The van der Waals surface area contributed by atoms with Crippen molar-refractivity contribution in [3.8, 4) is 11.4 Å². The highest BCUT2D eigenvalue weighted by Gasteiger charge is 2.50. The van der Waals surface area contributed by atoms with Crippen LogP contribution in [-0.4, -0.2) is 36.5 Å². The fourth-order valence-electron chi connectivity index (χ4n) is 4.76. The van der Waals surface area contributed by atoms with Gasteiger partial charge in [-0.15, -0.1) is 5.10 Å². The van der Waals surface area contributed by atoms with Gasteiger partial charge in [0.2, 0.25) is 5.60 Å². The van der Waals surface area contributed by atoms with E-state index in [0.29, 0.717) is 29.1 Å². The largest absolute Gasteiger partial charge is 0.457 e. The predicted molar refractivity (Wildman–Crippen MR) is 118 cm³/mol. The van der Waals surface area contributed by atoms with E-state index in [0.717, 1.165) is 16.5 Å². The van der Waals surface area contributed by atoms with Crippen molar-refractivity contribution in [2.24, 2.45) is 0 Å². The number of cyclic esters (lactones) is 1. The Kier molecular flexibility index (Phi) is 4.38. The van der Waals surface area contributed by atoms with Crippen LogP contribution in [0.4, 0.5) is 0 Å². The summed E-state index contributed by atoms with van der Waals surface area (Å²) in [5, 5.41) is 8.41. The molecule has 10 heteroatoms. The first-order chi connectivity index (χ1) is 16.5. The van der Waals surface area contributed by atoms with Crippen LogP contribution < -0.4 is 5.56 Å². The van der Waals surface area contributed by atoms with Crippen LogP contribution in [0.25, 0.3) is 22.3 Å².